The van der Waals surface area contributed by atoms with E-state index in [0.29, 0.717) is 16.6 Å². The maximum atomic E-state index is 12.2. The number of nitrogens with one attached hydrogen (secondary N) is 1. The van der Waals surface area contributed by atoms with E-state index in [9.17, 15) is 19.7 Å². The molecule has 2 aromatic heterocycles. The highest BCUT2D eigenvalue weighted by Crippen LogP contribution is 2.14. The number of aromatic amines is 1. The molecule has 0 radical (unpaired) electrons. The van der Waals surface area contributed by atoms with Crippen molar-refractivity contribution in [2.75, 3.05) is 0 Å². The van der Waals surface area contributed by atoms with Crippen molar-refractivity contribution in [1.29, 1.82) is 0 Å². The molecule has 0 aliphatic rings. The third-order valence-electron chi connectivity index (χ3n) is 3.38. The Hall–Kier alpha value is -2.74. The van der Waals surface area contributed by atoms with Crippen LogP contribution in [0.2, 0.25) is 0 Å². The molecule has 0 bridgehead atoms. The molecule has 0 atom stereocenters. The van der Waals surface area contributed by atoms with Gasteiger partial charge in [-0.05, 0) is 23.4 Å². The van der Waals surface area contributed by atoms with Crippen LogP contribution < -0.4 is 11.2 Å². The molecule has 8 heteroatoms. The Morgan fingerprint density at radius 1 is 1.18 bits per heavy atom. The third-order valence-corrected chi connectivity index (χ3v) is 4.21. The van der Waals surface area contributed by atoms with Crippen molar-refractivity contribution in [1.82, 2.24) is 9.55 Å². The average Bonchev–Trinajstić information content (AvgIpc) is 2.96. The largest absolute Gasteiger partial charge is 0.329 e. The van der Waals surface area contributed by atoms with E-state index in [1.165, 1.54) is 23.5 Å². The quantitative estimate of drug-likeness (QED) is 0.587. The van der Waals surface area contributed by atoms with Gasteiger partial charge in [0, 0.05) is 18.7 Å². The number of thiophene rings is 1. The van der Waals surface area contributed by atoms with Gasteiger partial charge < -0.3 is 0 Å². The molecule has 7 nitrogen and oxygen atoms in total. The number of hydrogen-bond donors (Lipinski definition) is 1. The number of nitrogens with zero attached hydrogens (tertiary/aromatic N) is 2. The van der Waals surface area contributed by atoms with E-state index in [0.717, 1.165) is 10.1 Å². The molecule has 0 fully saturated rings. The Kier molecular flexibility index (Phi) is 3.60. The second kappa shape index (κ2) is 5.57. The van der Waals surface area contributed by atoms with Gasteiger partial charge in [-0.3, -0.25) is 24.5 Å². The van der Waals surface area contributed by atoms with E-state index in [2.05, 4.69) is 4.98 Å². The lowest BCUT2D eigenvalue weighted by Crippen LogP contribution is -2.35. The first kappa shape index (κ1) is 14.2. The highest BCUT2D eigenvalue weighted by atomic mass is 32.1. The number of non-ortho nitro benzene ring substituents is 1. The first-order valence-electron chi connectivity index (χ1n) is 6.50. The molecule has 2 heterocycles. The van der Waals surface area contributed by atoms with Gasteiger partial charge >= 0.3 is 5.69 Å². The highest BCUT2D eigenvalue weighted by molar-refractivity contribution is 7.16. The van der Waals surface area contributed by atoms with Crippen molar-refractivity contribution in [2.24, 2.45) is 0 Å². The summed E-state index contributed by atoms with van der Waals surface area (Å²) in [7, 11) is 0. The summed E-state index contributed by atoms with van der Waals surface area (Å²) in [6, 6.07) is 7.75. The highest BCUT2D eigenvalue weighted by Gasteiger charge is 2.09. The first-order chi connectivity index (χ1) is 10.6. The number of H-pyrrole nitrogens is 1. The molecule has 1 N–H and O–H groups in total. The molecule has 1 aromatic carbocycles. The van der Waals surface area contributed by atoms with Crippen LogP contribution in [0.4, 0.5) is 5.69 Å². The molecule has 3 rings (SSSR count). The maximum absolute atomic E-state index is 12.2. The van der Waals surface area contributed by atoms with Gasteiger partial charge in [0.1, 0.15) is 4.83 Å². The van der Waals surface area contributed by atoms with Crippen molar-refractivity contribution >= 4 is 27.2 Å². The normalized spacial score (nSPS) is 10.9. The minimum Gasteiger partial charge on any atom is -0.298 e. The summed E-state index contributed by atoms with van der Waals surface area (Å²) in [4.78, 5) is 37.6. The summed E-state index contributed by atoms with van der Waals surface area (Å²) < 4.78 is 1.15. The molecular formula is C14H11N3O4S. The van der Waals surface area contributed by atoms with Gasteiger partial charge in [-0.15, -0.1) is 11.3 Å². The van der Waals surface area contributed by atoms with Crippen molar-refractivity contribution in [3.05, 3.63) is 72.2 Å². The second-order valence-corrected chi connectivity index (χ2v) is 5.64. The Bertz CT molecular complexity index is 953. The number of aryl methyl sites for hydroxylation is 1. The molecular weight excluding hydrogens is 306 g/mol. The van der Waals surface area contributed by atoms with Crippen LogP contribution in [0.15, 0.2) is 45.3 Å². The van der Waals surface area contributed by atoms with Crippen LogP contribution in [0.5, 0.6) is 0 Å². The second-order valence-electron chi connectivity index (χ2n) is 4.72. The minimum absolute atomic E-state index is 0.0125. The van der Waals surface area contributed by atoms with Crippen LogP contribution in [-0.2, 0) is 13.0 Å². The summed E-state index contributed by atoms with van der Waals surface area (Å²) in [5, 5.41) is 12.8. The topological polar surface area (TPSA) is 98.0 Å². The number of benzene rings is 1. The van der Waals surface area contributed by atoms with Gasteiger partial charge in [-0.25, -0.2) is 4.79 Å². The minimum atomic E-state index is -0.469. The zero-order valence-corrected chi connectivity index (χ0v) is 12.1. The summed E-state index contributed by atoms with van der Waals surface area (Å²) in [6.45, 7) is 0.220. The molecule has 0 aliphatic heterocycles. The number of nitro benzene ring substituents is 1. The Morgan fingerprint density at radius 3 is 2.59 bits per heavy atom. The molecule has 0 saturated carbocycles. The lowest BCUT2D eigenvalue weighted by Gasteiger charge is -2.05. The first-order valence-corrected chi connectivity index (χ1v) is 7.38. The predicted octanol–water partition coefficient (Wildman–Crippen LogP) is 1.90. The number of rotatable bonds is 4. The lowest BCUT2D eigenvalue weighted by atomic mass is 10.1. The predicted molar refractivity (Wildman–Crippen MR) is 83.5 cm³/mol. The Labute approximate surface area is 127 Å². The monoisotopic (exact) mass is 317 g/mol. The van der Waals surface area contributed by atoms with Gasteiger partial charge in [-0.2, -0.15) is 0 Å². The average molecular weight is 317 g/mol. The zero-order chi connectivity index (χ0) is 15.7. The van der Waals surface area contributed by atoms with Gasteiger partial charge in [-0.1, -0.05) is 12.1 Å². The number of fused-ring (bicyclic) bond motifs is 1. The van der Waals surface area contributed by atoms with Gasteiger partial charge in [0.25, 0.3) is 11.2 Å². The summed E-state index contributed by atoms with van der Waals surface area (Å²) in [5.74, 6) is 0. The van der Waals surface area contributed by atoms with Crippen LogP contribution in [0.25, 0.3) is 10.2 Å². The fraction of sp³-hybridized carbons (Fsp3) is 0.143. The van der Waals surface area contributed by atoms with Gasteiger partial charge in [0.2, 0.25) is 0 Å². The number of hydrogen-bond acceptors (Lipinski definition) is 5. The van der Waals surface area contributed by atoms with Crippen LogP contribution >= 0.6 is 11.3 Å². The molecule has 0 saturated heterocycles. The van der Waals surface area contributed by atoms with E-state index < -0.39 is 10.6 Å². The fourth-order valence-electron chi connectivity index (χ4n) is 2.21. The molecule has 22 heavy (non-hydrogen) atoms. The van der Waals surface area contributed by atoms with Gasteiger partial charge in [0.05, 0.1) is 10.3 Å². The van der Waals surface area contributed by atoms with Crippen LogP contribution in [0.1, 0.15) is 5.56 Å². The SMILES string of the molecule is O=c1[nH]c2sccc2c(=O)n1CCc1ccc([N+](=O)[O-])cc1. The smallest absolute Gasteiger partial charge is 0.298 e. The number of aromatic nitrogens is 2. The summed E-state index contributed by atoms with van der Waals surface area (Å²) in [6.07, 6.45) is 0.441. The van der Waals surface area contributed by atoms with E-state index in [1.54, 1.807) is 23.6 Å². The Balaban J connectivity index is 1.86. The van der Waals surface area contributed by atoms with E-state index >= 15 is 0 Å². The number of nitro groups is 1. The van der Waals surface area contributed by atoms with E-state index in [1.807, 2.05) is 0 Å². The van der Waals surface area contributed by atoms with Crippen molar-refractivity contribution < 1.29 is 4.92 Å². The summed E-state index contributed by atoms with van der Waals surface area (Å²) >= 11 is 1.31. The van der Waals surface area contributed by atoms with Gasteiger partial charge in [0.15, 0.2) is 0 Å². The Morgan fingerprint density at radius 2 is 1.91 bits per heavy atom. The van der Waals surface area contributed by atoms with Crippen LogP contribution in [-0.4, -0.2) is 14.5 Å². The van der Waals surface area contributed by atoms with Crippen molar-refractivity contribution in [3.8, 4) is 0 Å². The zero-order valence-electron chi connectivity index (χ0n) is 11.3. The van der Waals surface area contributed by atoms with E-state index in [-0.39, 0.29) is 17.8 Å². The van der Waals surface area contributed by atoms with Crippen LogP contribution in [0, 0.1) is 10.1 Å². The summed E-state index contributed by atoms with van der Waals surface area (Å²) in [5.41, 5.74) is 0.0737. The van der Waals surface area contributed by atoms with E-state index in [4.69, 9.17) is 0 Å². The molecule has 112 valence electrons. The van der Waals surface area contributed by atoms with Crippen molar-refractivity contribution in [2.45, 2.75) is 13.0 Å². The molecule has 0 spiro atoms. The maximum Gasteiger partial charge on any atom is 0.329 e. The third kappa shape index (κ3) is 2.56. The van der Waals surface area contributed by atoms with Crippen molar-refractivity contribution in [3.63, 3.8) is 0 Å². The molecule has 3 aromatic rings. The lowest BCUT2D eigenvalue weighted by molar-refractivity contribution is -0.384. The molecule has 0 aliphatic carbocycles. The fourth-order valence-corrected chi connectivity index (χ4v) is 2.97. The standard InChI is InChI=1S/C14H11N3O4S/c18-13-11-6-8-22-12(11)15-14(19)16(13)7-5-9-1-3-10(4-2-9)17(20)21/h1-4,6,8H,5,7H2,(H,15,19). The molecule has 0 amide bonds. The van der Waals surface area contributed by atoms with Crippen LogP contribution in [0.3, 0.4) is 0 Å². The molecule has 0 unspecified atom stereocenters.